The van der Waals surface area contributed by atoms with Gasteiger partial charge < -0.3 is 10.2 Å². The van der Waals surface area contributed by atoms with E-state index in [1.165, 1.54) is 25.9 Å². The lowest BCUT2D eigenvalue weighted by Gasteiger charge is -2.18. The predicted octanol–water partition coefficient (Wildman–Crippen LogP) is 0.266. The van der Waals surface area contributed by atoms with E-state index in [-0.39, 0.29) is 0 Å². The molecule has 1 aliphatic rings. The van der Waals surface area contributed by atoms with E-state index in [1.807, 2.05) is 0 Å². The highest BCUT2D eigenvalue weighted by atomic mass is 15.2. The third-order valence-electron chi connectivity index (χ3n) is 2.53. The van der Waals surface area contributed by atoms with Crippen molar-refractivity contribution in [3.05, 3.63) is 0 Å². The summed E-state index contributed by atoms with van der Waals surface area (Å²) in [5, 5.41) is 6.54. The number of rotatable bonds is 6. The first-order valence-electron chi connectivity index (χ1n) is 5.45. The van der Waals surface area contributed by atoms with Gasteiger partial charge in [-0.25, -0.2) is 0 Å². The monoisotopic (exact) mass is 198 g/mol. The van der Waals surface area contributed by atoms with Gasteiger partial charge in [0.1, 0.15) is 0 Å². The van der Waals surface area contributed by atoms with E-state index in [0.29, 0.717) is 6.17 Å². The number of likely N-dealkylation sites (tertiary alicyclic amines) is 1. The van der Waals surface area contributed by atoms with Crippen LogP contribution in [0.4, 0.5) is 0 Å². The fourth-order valence-electron chi connectivity index (χ4n) is 1.69. The summed E-state index contributed by atoms with van der Waals surface area (Å²) in [6.07, 6.45) is 4.78. The molecule has 4 nitrogen and oxygen atoms in total. The minimum Gasteiger partial charge on any atom is -0.361 e. The van der Waals surface area contributed by atoms with Gasteiger partial charge in [-0.3, -0.25) is 10.3 Å². The van der Waals surface area contributed by atoms with Crippen LogP contribution in [0.2, 0.25) is 0 Å². The standard InChI is InChI=1S/C10H22N4/c1-10(13-9-11-2)12-5-8-14-6-3-4-7-14/h9-10,12H,3-8H2,1-2H3,(H,11,13). The third kappa shape index (κ3) is 4.58. The summed E-state index contributed by atoms with van der Waals surface area (Å²) in [6.45, 7) is 6.87. The largest absolute Gasteiger partial charge is 0.361 e. The smallest absolute Gasteiger partial charge is 0.0832 e. The van der Waals surface area contributed by atoms with Gasteiger partial charge in [-0.15, -0.1) is 0 Å². The average molecular weight is 198 g/mol. The van der Waals surface area contributed by atoms with Crippen LogP contribution in [0.3, 0.4) is 0 Å². The molecule has 1 rings (SSSR count). The van der Waals surface area contributed by atoms with E-state index in [9.17, 15) is 0 Å². The minimum absolute atomic E-state index is 0.307. The Kier molecular flexibility index (Phi) is 5.56. The minimum atomic E-state index is 0.307. The van der Waals surface area contributed by atoms with Gasteiger partial charge in [-0.1, -0.05) is 0 Å². The predicted molar refractivity (Wildman–Crippen MR) is 60.7 cm³/mol. The second kappa shape index (κ2) is 6.79. The molecular formula is C10H22N4. The lowest BCUT2D eigenvalue weighted by Crippen LogP contribution is -2.42. The Labute approximate surface area is 86.8 Å². The molecule has 0 saturated carbocycles. The second-order valence-electron chi connectivity index (χ2n) is 3.78. The molecule has 0 aromatic rings. The maximum absolute atomic E-state index is 3.87. The second-order valence-corrected chi connectivity index (χ2v) is 3.78. The molecule has 4 heteroatoms. The van der Waals surface area contributed by atoms with Crippen LogP contribution < -0.4 is 10.6 Å². The first-order chi connectivity index (χ1) is 6.83. The SMILES string of the molecule is CN=CNC(C)NCCN1CCCC1. The van der Waals surface area contributed by atoms with Crippen molar-refractivity contribution in [1.82, 2.24) is 15.5 Å². The fourth-order valence-corrected chi connectivity index (χ4v) is 1.69. The van der Waals surface area contributed by atoms with E-state index in [2.05, 4.69) is 27.4 Å². The number of aliphatic imine (C=N–C) groups is 1. The van der Waals surface area contributed by atoms with Crippen molar-refractivity contribution in [3.63, 3.8) is 0 Å². The van der Waals surface area contributed by atoms with Gasteiger partial charge in [-0.2, -0.15) is 0 Å². The fraction of sp³-hybridized carbons (Fsp3) is 0.900. The maximum atomic E-state index is 3.87. The third-order valence-corrected chi connectivity index (χ3v) is 2.53. The Morgan fingerprint density at radius 1 is 1.43 bits per heavy atom. The molecule has 14 heavy (non-hydrogen) atoms. The zero-order valence-electron chi connectivity index (χ0n) is 9.29. The van der Waals surface area contributed by atoms with Gasteiger partial charge in [-0.05, 0) is 32.9 Å². The van der Waals surface area contributed by atoms with E-state index >= 15 is 0 Å². The number of hydrogen-bond acceptors (Lipinski definition) is 3. The first kappa shape index (κ1) is 11.5. The van der Waals surface area contributed by atoms with Gasteiger partial charge in [0.25, 0.3) is 0 Å². The summed E-state index contributed by atoms with van der Waals surface area (Å²) in [4.78, 5) is 6.38. The van der Waals surface area contributed by atoms with Crippen molar-refractivity contribution >= 4 is 6.34 Å². The highest BCUT2D eigenvalue weighted by molar-refractivity contribution is 5.54. The molecule has 1 fully saturated rings. The van der Waals surface area contributed by atoms with Crippen molar-refractivity contribution in [2.75, 3.05) is 33.2 Å². The van der Waals surface area contributed by atoms with Crippen LogP contribution in [0, 0.1) is 0 Å². The Bertz CT molecular complexity index is 164. The summed E-state index contributed by atoms with van der Waals surface area (Å²) >= 11 is 0. The van der Waals surface area contributed by atoms with E-state index in [4.69, 9.17) is 0 Å². The van der Waals surface area contributed by atoms with Crippen molar-refractivity contribution in [1.29, 1.82) is 0 Å². The zero-order chi connectivity index (χ0) is 10.2. The average Bonchev–Trinajstić information content (AvgIpc) is 2.67. The van der Waals surface area contributed by atoms with Crippen molar-refractivity contribution in [2.45, 2.75) is 25.9 Å². The molecule has 1 saturated heterocycles. The summed E-state index contributed by atoms with van der Waals surface area (Å²) in [7, 11) is 1.77. The molecule has 82 valence electrons. The molecular weight excluding hydrogens is 176 g/mol. The molecule has 0 spiro atoms. The van der Waals surface area contributed by atoms with Crippen molar-refractivity contribution in [2.24, 2.45) is 4.99 Å². The van der Waals surface area contributed by atoms with E-state index in [1.54, 1.807) is 13.4 Å². The van der Waals surface area contributed by atoms with Crippen LogP contribution in [0.5, 0.6) is 0 Å². The molecule has 0 amide bonds. The Balaban J connectivity index is 1.96. The number of hydrogen-bond donors (Lipinski definition) is 2. The molecule has 0 aromatic carbocycles. The van der Waals surface area contributed by atoms with Gasteiger partial charge >= 0.3 is 0 Å². The Morgan fingerprint density at radius 3 is 2.79 bits per heavy atom. The lowest BCUT2D eigenvalue weighted by molar-refractivity contribution is 0.327. The van der Waals surface area contributed by atoms with E-state index in [0.717, 1.165) is 13.1 Å². The van der Waals surface area contributed by atoms with Gasteiger partial charge in [0.05, 0.1) is 12.5 Å². The molecule has 1 unspecified atom stereocenters. The van der Waals surface area contributed by atoms with Gasteiger partial charge in [0.2, 0.25) is 0 Å². The van der Waals surface area contributed by atoms with E-state index < -0.39 is 0 Å². The summed E-state index contributed by atoms with van der Waals surface area (Å²) in [5.41, 5.74) is 0. The molecule has 0 bridgehead atoms. The highest BCUT2D eigenvalue weighted by Gasteiger charge is 2.10. The summed E-state index contributed by atoms with van der Waals surface area (Å²) in [6, 6.07) is 0. The molecule has 0 aromatic heterocycles. The molecule has 1 heterocycles. The molecule has 1 aliphatic heterocycles. The number of nitrogens with one attached hydrogen (secondary N) is 2. The topological polar surface area (TPSA) is 39.7 Å². The Hall–Kier alpha value is -0.610. The Morgan fingerprint density at radius 2 is 2.14 bits per heavy atom. The molecule has 1 atom stereocenters. The first-order valence-corrected chi connectivity index (χ1v) is 5.45. The molecule has 2 N–H and O–H groups in total. The van der Waals surface area contributed by atoms with Crippen LogP contribution in [0.15, 0.2) is 4.99 Å². The number of nitrogens with zero attached hydrogens (tertiary/aromatic N) is 2. The van der Waals surface area contributed by atoms with Gasteiger partial charge in [0.15, 0.2) is 0 Å². The normalized spacial score (nSPS) is 20.4. The van der Waals surface area contributed by atoms with Crippen LogP contribution >= 0.6 is 0 Å². The van der Waals surface area contributed by atoms with Gasteiger partial charge in [0, 0.05) is 20.1 Å². The van der Waals surface area contributed by atoms with Crippen LogP contribution in [-0.4, -0.2) is 50.6 Å². The van der Waals surface area contributed by atoms with Crippen LogP contribution in [0.1, 0.15) is 19.8 Å². The zero-order valence-corrected chi connectivity index (χ0v) is 9.29. The van der Waals surface area contributed by atoms with Crippen molar-refractivity contribution in [3.8, 4) is 0 Å². The van der Waals surface area contributed by atoms with Crippen LogP contribution in [0.25, 0.3) is 0 Å². The summed E-state index contributed by atoms with van der Waals surface area (Å²) < 4.78 is 0. The lowest BCUT2D eigenvalue weighted by atomic mass is 10.4. The molecule has 0 aliphatic carbocycles. The van der Waals surface area contributed by atoms with Crippen molar-refractivity contribution < 1.29 is 0 Å². The van der Waals surface area contributed by atoms with Crippen LogP contribution in [-0.2, 0) is 0 Å². The quantitative estimate of drug-likeness (QED) is 0.365. The summed E-state index contributed by atoms with van der Waals surface area (Å²) in [5.74, 6) is 0. The molecule has 0 radical (unpaired) electrons. The highest BCUT2D eigenvalue weighted by Crippen LogP contribution is 2.05. The maximum Gasteiger partial charge on any atom is 0.0832 e.